The monoisotopic (exact) mass is 321 g/mol. The molecule has 1 aromatic heterocycles. The highest BCUT2D eigenvalue weighted by atomic mass is 35.5. The summed E-state index contributed by atoms with van der Waals surface area (Å²) in [6.07, 6.45) is 0.437. The summed E-state index contributed by atoms with van der Waals surface area (Å²) in [6.45, 7) is 7.86. The number of rotatable bonds is 4. The summed E-state index contributed by atoms with van der Waals surface area (Å²) in [7, 11) is 0. The highest BCUT2D eigenvalue weighted by Gasteiger charge is 2.21. The second-order valence-corrected chi connectivity index (χ2v) is 6.93. The lowest BCUT2D eigenvalue weighted by Crippen LogP contribution is -2.30. The van der Waals surface area contributed by atoms with E-state index in [0.29, 0.717) is 23.2 Å². The van der Waals surface area contributed by atoms with Gasteiger partial charge in [0.2, 0.25) is 17.6 Å². The summed E-state index contributed by atoms with van der Waals surface area (Å²) < 4.78 is 5.23. The van der Waals surface area contributed by atoms with Crippen molar-refractivity contribution >= 4 is 17.5 Å². The number of hydrogen-bond acceptors (Lipinski definition) is 4. The van der Waals surface area contributed by atoms with Crippen molar-refractivity contribution in [3.63, 3.8) is 0 Å². The molecule has 22 heavy (non-hydrogen) atoms. The first-order chi connectivity index (χ1) is 10.2. The van der Waals surface area contributed by atoms with E-state index < -0.39 is 0 Å². The van der Waals surface area contributed by atoms with Gasteiger partial charge in [-0.1, -0.05) is 49.7 Å². The third-order valence-electron chi connectivity index (χ3n) is 2.96. The minimum Gasteiger partial charge on any atom is -0.345 e. The largest absolute Gasteiger partial charge is 0.345 e. The molecule has 0 aliphatic heterocycles. The molecule has 0 saturated heterocycles. The molecule has 1 amide bonds. The zero-order valence-corrected chi connectivity index (χ0v) is 13.9. The Bertz CT molecular complexity index is 661. The van der Waals surface area contributed by atoms with Crippen molar-refractivity contribution in [3.05, 3.63) is 35.2 Å². The normalized spacial score (nSPS) is 13.0. The average molecular weight is 322 g/mol. The molecule has 2 rings (SSSR count). The van der Waals surface area contributed by atoms with Crippen LogP contribution in [0, 0.1) is 5.41 Å². The molecule has 5 nitrogen and oxygen atoms in total. The summed E-state index contributed by atoms with van der Waals surface area (Å²) in [5.41, 5.74) is 0.709. The number of halogens is 1. The molecule has 1 aromatic carbocycles. The lowest BCUT2D eigenvalue weighted by molar-refractivity contribution is -0.123. The van der Waals surface area contributed by atoms with E-state index >= 15 is 0 Å². The zero-order chi connectivity index (χ0) is 16.3. The highest BCUT2D eigenvalue weighted by Crippen LogP contribution is 2.22. The lowest BCUT2D eigenvalue weighted by Gasteiger charge is -2.18. The van der Waals surface area contributed by atoms with E-state index in [1.54, 1.807) is 12.1 Å². The molecule has 6 heteroatoms. The van der Waals surface area contributed by atoms with E-state index in [1.807, 2.05) is 39.8 Å². The molecule has 0 radical (unpaired) electrons. The van der Waals surface area contributed by atoms with Gasteiger partial charge in [-0.3, -0.25) is 4.79 Å². The Morgan fingerprint density at radius 2 is 2.14 bits per heavy atom. The smallest absolute Gasteiger partial charge is 0.249 e. The fourth-order valence-electron chi connectivity index (χ4n) is 1.99. The molecule has 0 aliphatic carbocycles. The summed E-state index contributed by atoms with van der Waals surface area (Å²) in [4.78, 5) is 16.3. The van der Waals surface area contributed by atoms with Crippen molar-refractivity contribution in [3.8, 4) is 11.4 Å². The maximum absolute atomic E-state index is 11.9. The number of nitrogens with zero attached hydrogens (tertiary/aromatic N) is 2. The van der Waals surface area contributed by atoms with Gasteiger partial charge in [0.1, 0.15) is 6.04 Å². The van der Waals surface area contributed by atoms with Crippen LogP contribution in [0.2, 0.25) is 5.02 Å². The second kappa shape index (κ2) is 6.48. The van der Waals surface area contributed by atoms with Crippen LogP contribution in [0.3, 0.4) is 0 Å². The Morgan fingerprint density at radius 3 is 2.77 bits per heavy atom. The Kier molecular flexibility index (Phi) is 4.86. The van der Waals surface area contributed by atoms with E-state index in [9.17, 15) is 4.79 Å². The van der Waals surface area contributed by atoms with E-state index in [-0.39, 0.29) is 17.4 Å². The third-order valence-corrected chi connectivity index (χ3v) is 3.20. The molecule has 0 saturated carbocycles. The quantitative estimate of drug-likeness (QED) is 0.924. The third kappa shape index (κ3) is 4.56. The molecule has 0 fully saturated rings. The van der Waals surface area contributed by atoms with Crippen molar-refractivity contribution in [2.24, 2.45) is 5.41 Å². The van der Waals surface area contributed by atoms with Crippen LogP contribution in [0.25, 0.3) is 11.4 Å². The van der Waals surface area contributed by atoms with Gasteiger partial charge in [-0.05, 0) is 24.5 Å². The average Bonchev–Trinajstić information content (AvgIpc) is 2.85. The van der Waals surface area contributed by atoms with Crippen LogP contribution >= 0.6 is 11.6 Å². The Hall–Kier alpha value is -1.88. The topological polar surface area (TPSA) is 68.0 Å². The summed E-state index contributed by atoms with van der Waals surface area (Å²) in [5.74, 6) is 0.786. The van der Waals surface area contributed by atoms with Crippen LogP contribution < -0.4 is 5.32 Å². The maximum atomic E-state index is 11.9. The van der Waals surface area contributed by atoms with Crippen molar-refractivity contribution in [2.75, 3.05) is 0 Å². The van der Waals surface area contributed by atoms with Crippen LogP contribution in [0.15, 0.2) is 28.8 Å². The Balaban J connectivity index is 2.06. The SMILES string of the molecule is C[C@H](NC(=O)CC(C)(C)C)c1nc(-c2cccc(Cl)c2)no1. The Morgan fingerprint density at radius 1 is 1.41 bits per heavy atom. The molecule has 0 spiro atoms. The molecule has 118 valence electrons. The van der Waals surface area contributed by atoms with Crippen molar-refractivity contribution in [2.45, 2.75) is 40.2 Å². The van der Waals surface area contributed by atoms with Gasteiger partial charge in [0.05, 0.1) is 0 Å². The minimum absolute atomic E-state index is 0.0393. The predicted octanol–water partition coefficient (Wildman–Crippen LogP) is 4.00. The van der Waals surface area contributed by atoms with Crippen molar-refractivity contribution in [1.29, 1.82) is 0 Å². The van der Waals surface area contributed by atoms with Crippen LogP contribution in [-0.2, 0) is 4.79 Å². The van der Waals surface area contributed by atoms with E-state index in [2.05, 4.69) is 15.5 Å². The molecule has 2 aromatic rings. The number of nitrogens with one attached hydrogen (secondary N) is 1. The second-order valence-electron chi connectivity index (χ2n) is 6.49. The molecule has 0 unspecified atom stereocenters. The van der Waals surface area contributed by atoms with Gasteiger partial charge in [0, 0.05) is 17.0 Å². The molecule has 1 atom stereocenters. The number of benzene rings is 1. The summed E-state index contributed by atoms with van der Waals surface area (Å²) in [5, 5.41) is 7.41. The standard InChI is InChI=1S/C16H20ClN3O2/c1-10(18-13(21)9-16(2,3)4)15-19-14(20-22-15)11-6-5-7-12(17)8-11/h5-8,10H,9H2,1-4H3,(H,18,21)/t10-/m0/s1. The fraction of sp³-hybridized carbons (Fsp3) is 0.438. The molecule has 0 bridgehead atoms. The number of hydrogen-bond donors (Lipinski definition) is 1. The van der Waals surface area contributed by atoms with E-state index in [1.165, 1.54) is 0 Å². The van der Waals surface area contributed by atoms with Crippen molar-refractivity contribution in [1.82, 2.24) is 15.5 Å². The van der Waals surface area contributed by atoms with Crippen LogP contribution in [0.4, 0.5) is 0 Å². The van der Waals surface area contributed by atoms with Gasteiger partial charge in [-0.15, -0.1) is 0 Å². The highest BCUT2D eigenvalue weighted by molar-refractivity contribution is 6.30. The first-order valence-electron chi connectivity index (χ1n) is 7.13. The van der Waals surface area contributed by atoms with Gasteiger partial charge in [-0.25, -0.2) is 0 Å². The van der Waals surface area contributed by atoms with Gasteiger partial charge in [-0.2, -0.15) is 4.98 Å². The molecule has 1 heterocycles. The number of aromatic nitrogens is 2. The molecular formula is C16H20ClN3O2. The van der Waals surface area contributed by atoms with Gasteiger partial charge in [0.25, 0.3) is 0 Å². The van der Waals surface area contributed by atoms with Gasteiger partial charge < -0.3 is 9.84 Å². The predicted molar refractivity (Wildman–Crippen MR) is 85.4 cm³/mol. The Labute approximate surface area is 135 Å². The molecule has 1 N–H and O–H groups in total. The number of carbonyl (C=O) groups is 1. The summed E-state index contributed by atoms with van der Waals surface area (Å²) >= 11 is 5.95. The molecule has 0 aliphatic rings. The van der Waals surface area contributed by atoms with E-state index in [0.717, 1.165) is 5.56 Å². The minimum atomic E-state index is -0.338. The number of amides is 1. The van der Waals surface area contributed by atoms with Crippen LogP contribution in [0.1, 0.15) is 46.0 Å². The summed E-state index contributed by atoms with van der Waals surface area (Å²) in [6, 6.07) is 6.88. The molecular weight excluding hydrogens is 302 g/mol. The lowest BCUT2D eigenvalue weighted by atomic mass is 9.92. The number of carbonyl (C=O) groups excluding carboxylic acids is 1. The van der Waals surface area contributed by atoms with Gasteiger partial charge >= 0.3 is 0 Å². The fourth-order valence-corrected chi connectivity index (χ4v) is 2.18. The van der Waals surface area contributed by atoms with Crippen LogP contribution in [-0.4, -0.2) is 16.0 Å². The first-order valence-corrected chi connectivity index (χ1v) is 7.51. The van der Waals surface area contributed by atoms with Crippen LogP contribution in [0.5, 0.6) is 0 Å². The maximum Gasteiger partial charge on any atom is 0.249 e. The van der Waals surface area contributed by atoms with Crippen molar-refractivity contribution < 1.29 is 9.32 Å². The van der Waals surface area contributed by atoms with E-state index in [4.69, 9.17) is 16.1 Å². The first kappa shape index (κ1) is 16.5. The zero-order valence-electron chi connectivity index (χ0n) is 13.2. The van der Waals surface area contributed by atoms with Gasteiger partial charge in [0.15, 0.2) is 0 Å².